The molecule has 2 bridgehead atoms. The fourth-order valence-electron chi connectivity index (χ4n) is 5.21. The Labute approximate surface area is 190 Å². The fraction of sp³-hybridized carbons (Fsp3) is 0.320. The number of hydrogen-bond donors (Lipinski definition) is 3. The lowest BCUT2D eigenvalue weighted by Crippen LogP contribution is -2.55. The summed E-state index contributed by atoms with van der Waals surface area (Å²) in [4.78, 5) is 11.0. The van der Waals surface area contributed by atoms with Crippen molar-refractivity contribution in [3.05, 3.63) is 55.0 Å². The minimum absolute atomic E-state index is 0.0619. The topological polar surface area (TPSA) is 90.0 Å². The number of benzene rings is 2. The van der Waals surface area contributed by atoms with Crippen LogP contribution in [-0.2, 0) is 0 Å². The number of nitrogens with one attached hydrogen (secondary N) is 2. The van der Waals surface area contributed by atoms with Crippen LogP contribution < -0.4 is 10.2 Å². The standard InChI is InChI=1S/C25H25FN6O/c1-32(22-10-17-4-7-20(30-17)25(22)26)24-13-27-21(12-28-24)18-5-2-15(9-23(18)33)14-3-6-19-16(8-14)11-29-31-19/h2-3,5-6,8-9,11-13,17,20,22,25,30,33H,4,7,10H2,1H3,(H,29,31)/t17?,20?,22-,25+/m1/s1. The monoisotopic (exact) mass is 444 g/mol. The first-order valence-corrected chi connectivity index (χ1v) is 11.3. The number of H-pyrrole nitrogens is 1. The van der Waals surface area contributed by atoms with Crippen LogP contribution in [-0.4, -0.2) is 56.6 Å². The Morgan fingerprint density at radius 1 is 1.03 bits per heavy atom. The molecule has 8 heteroatoms. The first-order valence-electron chi connectivity index (χ1n) is 11.3. The summed E-state index contributed by atoms with van der Waals surface area (Å²) in [5.41, 5.74) is 4.04. The Morgan fingerprint density at radius 2 is 1.88 bits per heavy atom. The van der Waals surface area contributed by atoms with Gasteiger partial charge in [-0.2, -0.15) is 5.10 Å². The molecule has 4 aromatic rings. The number of aromatic hydroxyl groups is 1. The summed E-state index contributed by atoms with van der Waals surface area (Å²) in [7, 11) is 1.88. The summed E-state index contributed by atoms with van der Waals surface area (Å²) in [5.74, 6) is 0.770. The molecule has 0 aliphatic carbocycles. The zero-order valence-electron chi connectivity index (χ0n) is 18.2. The molecule has 2 aromatic heterocycles. The van der Waals surface area contributed by atoms with Crippen molar-refractivity contribution in [2.24, 2.45) is 0 Å². The lowest BCUT2D eigenvalue weighted by Gasteiger charge is -2.38. The van der Waals surface area contributed by atoms with E-state index in [1.165, 1.54) is 0 Å². The van der Waals surface area contributed by atoms with Gasteiger partial charge >= 0.3 is 0 Å². The van der Waals surface area contributed by atoms with Crippen LogP contribution in [0.1, 0.15) is 19.3 Å². The number of halogens is 1. The molecule has 4 heterocycles. The molecule has 6 rings (SSSR count). The summed E-state index contributed by atoms with van der Waals surface area (Å²) >= 11 is 0. The van der Waals surface area contributed by atoms with Gasteiger partial charge in [0.25, 0.3) is 0 Å². The predicted molar refractivity (Wildman–Crippen MR) is 126 cm³/mol. The first-order chi connectivity index (χ1) is 16.1. The molecule has 3 N–H and O–H groups in total. The van der Waals surface area contributed by atoms with Crippen LogP contribution in [0.3, 0.4) is 0 Å². The van der Waals surface area contributed by atoms with E-state index in [-0.39, 0.29) is 17.8 Å². The van der Waals surface area contributed by atoms with Crippen LogP contribution in [0.5, 0.6) is 5.75 Å². The third kappa shape index (κ3) is 3.51. The molecule has 2 aliphatic rings. The third-order valence-corrected chi connectivity index (χ3v) is 7.10. The highest BCUT2D eigenvalue weighted by Crippen LogP contribution is 2.35. The zero-order chi connectivity index (χ0) is 22.5. The van der Waals surface area contributed by atoms with Crippen molar-refractivity contribution in [2.45, 2.75) is 43.6 Å². The lowest BCUT2D eigenvalue weighted by atomic mass is 9.96. The van der Waals surface area contributed by atoms with Crippen molar-refractivity contribution < 1.29 is 9.50 Å². The number of fused-ring (bicyclic) bond motifs is 3. The maximum absolute atomic E-state index is 14.9. The van der Waals surface area contributed by atoms with Crippen molar-refractivity contribution >= 4 is 16.7 Å². The van der Waals surface area contributed by atoms with Gasteiger partial charge in [0.15, 0.2) is 0 Å². The molecule has 2 saturated heterocycles. The minimum Gasteiger partial charge on any atom is -0.507 e. The Hall–Kier alpha value is -3.52. The van der Waals surface area contributed by atoms with E-state index in [0.717, 1.165) is 41.3 Å². The van der Waals surface area contributed by atoms with E-state index >= 15 is 0 Å². The van der Waals surface area contributed by atoms with E-state index in [1.54, 1.807) is 24.7 Å². The number of aromatic amines is 1. The molecule has 4 atom stereocenters. The van der Waals surface area contributed by atoms with E-state index in [0.29, 0.717) is 23.1 Å². The molecule has 2 fully saturated rings. The molecule has 2 unspecified atom stereocenters. The largest absolute Gasteiger partial charge is 0.507 e. The summed E-state index contributed by atoms with van der Waals surface area (Å²) < 4.78 is 14.9. The molecule has 2 aliphatic heterocycles. The van der Waals surface area contributed by atoms with Crippen LogP contribution in [0.4, 0.5) is 10.2 Å². The fourth-order valence-corrected chi connectivity index (χ4v) is 5.21. The smallest absolute Gasteiger partial charge is 0.147 e. The average Bonchev–Trinajstić information content (AvgIpc) is 3.48. The highest BCUT2D eigenvalue weighted by molar-refractivity contribution is 5.85. The molecule has 2 aromatic carbocycles. The van der Waals surface area contributed by atoms with E-state index in [2.05, 4.69) is 25.5 Å². The van der Waals surface area contributed by atoms with Gasteiger partial charge in [0, 0.05) is 30.1 Å². The molecule has 0 spiro atoms. The molecule has 0 amide bonds. The van der Waals surface area contributed by atoms with Crippen molar-refractivity contribution in [1.29, 1.82) is 0 Å². The molecular weight excluding hydrogens is 419 g/mol. The second-order valence-electron chi connectivity index (χ2n) is 9.07. The minimum atomic E-state index is -0.923. The number of aromatic nitrogens is 4. The second-order valence-corrected chi connectivity index (χ2v) is 9.07. The van der Waals surface area contributed by atoms with Gasteiger partial charge < -0.3 is 15.3 Å². The summed E-state index contributed by atoms with van der Waals surface area (Å²) in [6, 6.07) is 11.6. The molecular formula is C25H25FN6O. The van der Waals surface area contributed by atoms with Crippen LogP contribution in [0.2, 0.25) is 0 Å². The Bertz CT molecular complexity index is 1310. The molecule has 0 radical (unpaired) electrons. The summed E-state index contributed by atoms with van der Waals surface area (Å²) in [5, 5.41) is 22.1. The Morgan fingerprint density at radius 3 is 2.70 bits per heavy atom. The van der Waals surface area contributed by atoms with E-state index in [1.807, 2.05) is 42.3 Å². The van der Waals surface area contributed by atoms with Crippen LogP contribution in [0.25, 0.3) is 33.3 Å². The van der Waals surface area contributed by atoms with E-state index in [4.69, 9.17) is 0 Å². The highest BCUT2D eigenvalue weighted by Gasteiger charge is 2.43. The van der Waals surface area contributed by atoms with Gasteiger partial charge in [-0.05, 0) is 54.7 Å². The van der Waals surface area contributed by atoms with Crippen molar-refractivity contribution in [3.8, 4) is 28.1 Å². The SMILES string of the molecule is CN(c1cnc(-c2ccc(-c3ccc4[nH]ncc4c3)cc2O)cn1)[C@@H]1CC2CCC(N2)[C@@H]1F. The summed E-state index contributed by atoms with van der Waals surface area (Å²) in [6.07, 6.45) is 6.85. The number of phenols is 1. The molecule has 33 heavy (non-hydrogen) atoms. The number of alkyl halides is 1. The van der Waals surface area contributed by atoms with E-state index in [9.17, 15) is 9.50 Å². The van der Waals surface area contributed by atoms with Gasteiger partial charge in [0.1, 0.15) is 17.7 Å². The van der Waals surface area contributed by atoms with Gasteiger partial charge in [-0.25, -0.2) is 9.37 Å². The number of nitrogens with zero attached hydrogens (tertiary/aromatic N) is 4. The van der Waals surface area contributed by atoms with Crippen LogP contribution >= 0.6 is 0 Å². The number of hydrogen-bond acceptors (Lipinski definition) is 6. The number of phenolic OH excluding ortho intramolecular Hbond substituents is 1. The number of piperidine rings is 1. The molecule has 7 nitrogen and oxygen atoms in total. The van der Waals surface area contributed by atoms with Crippen LogP contribution in [0.15, 0.2) is 55.0 Å². The Kier molecular flexibility index (Phi) is 4.76. The van der Waals surface area contributed by atoms with E-state index < -0.39 is 6.17 Å². The van der Waals surface area contributed by atoms with Gasteiger partial charge in [-0.1, -0.05) is 12.1 Å². The van der Waals surface area contributed by atoms with Crippen molar-refractivity contribution in [1.82, 2.24) is 25.5 Å². The average molecular weight is 445 g/mol. The number of rotatable bonds is 4. The van der Waals surface area contributed by atoms with Crippen molar-refractivity contribution in [3.63, 3.8) is 0 Å². The number of anilines is 1. The first kappa shape index (κ1) is 20.1. The maximum Gasteiger partial charge on any atom is 0.147 e. The summed E-state index contributed by atoms with van der Waals surface area (Å²) in [6.45, 7) is 0. The second kappa shape index (κ2) is 7.81. The maximum atomic E-state index is 14.9. The zero-order valence-corrected chi connectivity index (χ0v) is 18.2. The van der Waals surface area contributed by atoms with Crippen molar-refractivity contribution in [2.75, 3.05) is 11.9 Å². The Balaban J connectivity index is 1.23. The third-order valence-electron chi connectivity index (χ3n) is 7.10. The quantitative estimate of drug-likeness (QED) is 0.440. The molecule has 168 valence electrons. The van der Waals surface area contributed by atoms with Crippen LogP contribution in [0, 0.1) is 0 Å². The normalized spacial score (nSPS) is 24.3. The lowest BCUT2D eigenvalue weighted by molar-refractivity contribution is 0.176. The van der Waals surface area contributed by atoms with Gasteiger partial charge in [-0.3, -0.25) is 10.1 Å². The highest BCUT2D eigenvalue weighted by atomic mass is 19.1. The van der Waals surface area contributed by atoms with Gasteiger partial charge in [0.05, 0.1) is 35.8 Å². The van der Waals surface area contributed by atoms with Gasteiger partial charge in [-0.15, -0.1) is 0 Å². The predicted octanol–water partition coefficient (Wildman–Crippen LogP) is 4.06. The molecule has 0 saturated carbocycles. The van der Waals surface area contributed by atoms with Gasteiger partial charge in [0.2, 0.25) is 0 Å².